The standard InChI is InChI=1S/C30H48O2/c1-18-10-14-27(4)15-12-21-22(25(27)20(18)3)13-17-28(5)23(21)8-9-24-29(28,6)16-11-19(2)30(24,7)26(31)32/h13,18-21,23-25H,8-12,14-17H2,1-7H3,(H,31,32). The smallest absolute Gasteiger partial charge is 0.309 e. The first-order chi connectivity index (χ1) is 14.9. The molecule has 2 nitrogen and oxygen atoms in total. The largest absolute Gasteiger partial charge is 0.481 e. The molecule has 0 aromatic heterocycles. The van der Waals surface area contributed by atoms with E-state index in [0.29, 0.717) is 11.3 Å². The minimum absolute atomic E-state index is 0.129. The highest BCUT2D eigenvalue weighted by Gasteiger charge is 2.67. The molecular weight excluding hydrogens is 392 g/mol. The fourth-order valence-electron chi connectivity index (χ4n) is 10.6. The van der Waals surface area contributed by atoms with Gasteiger partial charge in [0.1, 0.15) is 0 Å². The van der Waals surface area contributed by atoms with E-state index in [0.717, 1.165) is 42.4 Å². The van der Waals surface area contributed by atoms with E-state index in [2.05, 4.69) is 54.5 Å². The van der Waals surface area contributed by atoms with E-state index in [4.69, 9.17) is 0 Å². The Bertz CT molecular complexity index is 829. The van der Waals surface area contributed by atoms with Gasteiger partial charge in [0.25, 0.3) is 0 Å². The normalized spacial score (nSPS) is 57.3. The number of rotatable bonds is 1. The molecule has 0 amide bonds. The van der Waals surface area contributed by atoms with Crippen molar-refractivity contribution in [1.29, 1.82) is 0 Å². The molecule has 0 radical (unpaired) electrons. The van der Waals surface area contributed by atoms with Crippen molar-refractivity contribution in [1.82, 2.24) is 0 Å². The van der Waals surface area contributed by atoms with Gasteiger partial charge in [0.15, 0.2) is 0 Å². The molecule has 1 N–H and O–H groups in total. The number of allylic oxidation sites excluding steroid dienone is 2. The Labute approximate surface area is 197 Å². The number of fused-ring (bicyclic) bond motifs is 7. The zero-order valence-corrected chi connectivity index (χ0v) is 21.8. The summed E-state index contributed by atoms with van der Waals surface area (Å²) in [5, 5.41) is 10.4. The van der Waals surface area contributed by atoms with Crippen LogP contribution in [0.25, 0.3) is 0 Å². The van der Waals surface area contributed by atoms with Crippen LogP contribution in [0.4, 0.5) is 0 Å². The lowest BCUT2D eigenvalue weighted by Gasteiger charge is -2.69. The summed E-state index contributed by atoms with van der Waals surface area (Å²) >= 11 is 0. The number of aliphatic carboxylic acids is 1. The average molecular weight is 441 g/mol. The van der Waals surface area contributed by atoms with Crippen molar-refractivity contribution < 1.29 is 9.90 Å². The zero-order valence-electron chi connectivity index (χ0n) is 21.8. The van der Waals surface area contributed by atoms with E-state index in [1.165, 1.54) is 44.9 Å². The Kier molecular flexibility index (Phi) is 5.10. The molecule has 5 aliphatic carbocycles. The molecule has 0 aromatic rings. The highest BCUT2D eigenvalue weighted by molar-refractivity contribution is 5.75. The van der Waals surface area contributed by atoms with Crippen LogP contribution in [0.15, 0.2) is 11.6 Å². The summed E-state index contributed by atoms with van der Waals surface area (Å²) in [6.45, 7) is 17.0. The van der Waals surface area contributed by atoms with Gasteiger partial charge in [-0.05, 0) is 122 Å². The molecule has 180 valence electrons. The van der Waals surface area contributed by atoms with Crippen LogP contribution in [0.2, 0.25) is 0 Å². The van der Waals surface area contributed by atoms with Crippen LogP contribution in [0.1, 0.15) is 106 Å². The minimum Gasteiger partial charge on any atom is -0.481 e. The van der Waals surface area contributed by atoms with Crippen molar-refractivity contribution in [2.75, 3.05) is 0 Å². The van der Waals surface area contributed by atoms with Crippen LogP contribution < -0.4 is 0 Å². The number of carbonyl (C=O) groups is 1. The van der Waals surface area contributed by atoms with Gasteiger partial charge in [-0.15, -0.1) is 0 Å². The third-order valence-electron chi connectivity index (χ3n) is 13.4. The third-order valence-corrected chi connectivity index (χ3v) is 13.4. The topological polar surface area (TPSA) is 37.3 Å². The first-order valence-electron chi connectivity index (χ1n) is 13.8. The molecule has 2 heteroatoms. The maximum Gasteiger partial charge on any atom is 0.309 e. The van der Waals surface area contributed by atoms with Crippen molar-refractivity contribution in [2.45, 2.75) is 106 Å². The summed E-state index contributed by atoms with van der Waals surface area (Å²) in [6, 6.07) is 0. The molecule has 0 heterocycles. The molecule has 5 rings (SSSR count). The van der Waals surface area contributed by atoms with Gasteiger partial charge >= 0.3 is 5.97 Å². The van der Waals surface area contributed by atoms with E-state index < -0.39 is 11.4 Å². The van der Waals surface area contributed by atoms with Crippen LogP contribution in [0, 0.1) is 63.1 Å². The van der Waals surface area contributed by atoms with Gasteiger partial charge < -0.3 is 5.11 Å². The van der Waals surface area contributed by atoms with Gasteiger partial charge in [0.05, 0.1) is 5.41 Å². The molecule has 0 spiro atoms. The third kappa shape index (κ3) is 2.68. The van der Waals surface area contributed by atoms with Gasteiger partial charge in [-0.25, -0.2) is 0 Å². The average Bonchev–Trinajstić information content (AvgIpc) is 2.74. The maximum absolute atomic E-state index is 12.6. The number of hydrogen-bond donors (Lipinski definition) is 1. The Hall–Kier alpha value is -0.790. The predicted octanol–water partition coefficient (Wildman–Crippen LogP) is 7.97. The Morgan fingerprint density at radius 1 is 0.906 bits per heavy atom. The summed E-state index contributed by atoms with van der Waals surface area (Å²) in [5.41, 5.74) is 2.13. The number of hydrogen-bond acceptors (Lipinski definition) is 1. The van der Waals surface area contributed by atoms with E-state index in [9.17, 15) is 9.90 Å². The minimum atomic E-state index is -0.580. The second-order valence-corrected chi connectivity index (χ2v) is 14.2. The molecule has 0 aromatic carbocycles. The first kappa shape index (κ1) is 23.0. The summed E-state index contributed by atoms with van der Waals surface area (Å²) in [6.07, 6.45) is 14.1. The fourth-order valence-corrected chi connectivity index (χ4v) is 10.6. The summed E-state index contributed by atoms with van der Waals surface area (Å²) in [5.74, 6) is 3.92. The lowest BCUT2D eigenvalue weighted by atomic mass is 9.35. The zero-order chi connectivity index (χ0) is 23.3. The molecule has 4 fully saturated rings. The van der Waals surface area contributed by atoms with Gasteiger partial charge in [0.2, 0.25) is 0 Å². The monoisotopic (exact) mass is 440 g/mol. The van der Waals surface area contributed by atoms with E-state index in [1.807, 2.05) is 5.57 Å². The predicted molar refractivity (Wildman–Crippen MR) is 131 cm³/mol. The van der Waals surface area contributed by atoms with E-state index >= 15 is 0 Å². The molecule has 11 atom stereocenters. The van der Waals surface area contributed by atoms with Gasteiger partial charge in [-0.2, -0.15) is 0 Å². The molecule has 4 saturated carbocycles. The van der Waals surface area contributed by atoms with Crippen molar-refractivity contribution in [3.8, 4) is 0 Å². The second-order valence-electron chi connectivity index (χ2n) is 14.2. The first-order valence-corrected chi connectivity index (χ1v) is 13.8. The maximum atomic E-state index is 12.6. The highest BCUT2D eigenvalue weighted by Crippen LogP contribution is 2.73. The second kappa shape index (κ2) is 7.11. The van der Waals surface area contributed by atoms with E-state index in [-0.39, 0.29) is 16.7 Å². The molecule has 5 aliphatic rings. The molecular formula is C30H48O2. The van der Waals surface area contributed by atoms with Gasteiger partial charge in [-0.3, -0.25) is 4.79 Å². The summed E-state index contributed by atoms with van der Waals surface area (Å²) < 4.78 is 0. The van der Waals surface area contributed by atoms with Crippen LogP contribution >= 0.6 is 0 Å². The highest BCUT2D eigenvalue weighted by atomic mass is 16.4. The fraction of sp³-hybridized carbons (Fsp3) is 0.900. The lowest BCUT2D eigenvalue weighted by Crippen LogP contribution is -2.63. The van der Waals surface area contributed by atoms with Crippen LogP contribution in [-0.2, 0) is 4.79 Å². The molecule has 0 bridgehead atoms. The Morgan fingerprint density at radius 2 is 1.59 bits per heavy atom. The number of carboxylic acid groups (broad SMARTS) is 1. The van der Waals surface area contributed by atoms with Gasteiger partial charge in [-0.1, -0.05) is 53.2 Å². The van der Waals surface area contributed by atoms with Crippen molar-refractivity contribution in [3.63, 3.8) is 0 Å². The van der Waals surface area contributed by atoms with Crippen LogP contribution in [0.5, 0.6) is 0 Å². The summed E-state index contributed by atoms with van der Waals surface area (Å²) in [7, 11) is 0. The quantitative estimate of drug-likeness (QED) is 0.420. The van der Waals surface area contributed by atoms with Crippen molar-refractivity contribution >= 4 is 5.97 Å². The molecule has 0 aliphatic heterocycles. The van der Waals surface area contributed by atoms with Gasteiger partial charge in [0, 0.05) is 0 Å². The Balaban J connectivity index is 1.55. The SMILES string of the molecule is CC1CCC2(C)CCC3C(=CCC4(C)C3CCC3C(C)(C(=O)O)C(C)CCC34C)C2C1C. The molecule has 32 heavy (non-hydrogen) atoms. The molecule has 11 unspecified atom stereocenters. The van der Waals surface area contributed by atoms with Crippen LogP contribution in [-0.4, -0.2) is 11.1 Å². The van der Waals surface area contributed by atoms with Crippen LogP contribution in [0.3, 0.4) is 0 Å². The van der Waals surface area contributed by atoms with Crippen molar-refractivity contribution in [2.24, 2.45) is 63.1 Å². The lowest BCUT2D eigenvalue weighted by molar-refractivity contribution is -0.203. The summed E-state index contributed by atoms with van der Waals surface area (Å²) in [4.78, 5) is 12.6. The molecule has 0 saturated heterocycles. The Morgan fingerprint density at radius 3 is 2.28 bits per heavy atom. The number of carboxylic acids is 1. The van der Waals surface area contributed by atoms with E-state index in [1.54, 1.807) is 0 Å². The van der Waals surface area contributed by atoms with Crippen molar-refractivity contribution in [3.05, 3.63) is 11.6 Å².